The number of aromatic nitrogens is 2. The summed E-state index contributed by atoms with van der Waals surface area (Å²) in [6, 6.07) is 34.1. The van der Waals surface area contributed by atoms with Crippen LogP contribution < -0.4 is 0 Å². The van der Waals surface area contributed by atoms with Crippen LogP contribution in [0.1, 0.15) is 22.4 Å². The molecular weight excluding hydrogens is 431 g/mol. The highest BCUT2D eigenvalue weighted by atomic mass is 127. The molecular formula is C23H19IN2. The number of halogens is 1. The van der Waals surface area contributed by atoms with Gasteiger partial charge < -0.3 is 0 Å². The Labute approximate surface area is 167 Å². The molecule has 0 N–H and O–H groups in total. The molecule has 4 aromatic rings. The van der Waals surface area contributed by atoms with E-state index < -0.39 is 5.54 Å². The predicted octanol–water partition coefficient (Wildman–Crippen LogP) is 5.66. The Balaban J connectivity index is 2.15. The average molecular weight is 450 g/mol. The van der Waals surface area contributed by atoms with Crippen LogP contribution in [0.25, 0.3) is 0 Å². The van der Waals surface area contributed by atoms with Crippen molar-refractivity contribution >= 4 is 22.6 Å². The quantitative estimate of drug-likeness (QED) is 0.218. The summed E-state index contributed by atoms with van der Waals surface area (Å²) in [7, 11) is 0. The molecule has 0 radical (unpaired) electrons. The van der Waals surface area contributed by atoms with Crippen LogP contribution >= 0.6 is 22.6 Å². The first-order valence-electron chi connectivity index (χ1n) is 8.63. The van der Waals surface area contributed by atoms with Gasteiger partial charge in [-0.25, -0.2) is 4.68 Å². The fourth-order valence-corrected chi connectivity index (χ4v) is 4.22. The minimum absolute atomic E-state index is 0.506. The zero-order valence-electron chi connectivity index (χ0n) is 14.3. The summed E-state index contributed by atoms with van der Waals surface area (Å²) in [6.45, 7) is 0. The van der Waals surface area contributed by atoms with E-state index in [0.29, 0.717) is 0 Å². The topological polar surface area (TPSA) is 17.8 Å². The van der Waals surface area contributed by atoms with Crippen LogP contribution in [0.15, 0.2) is 103 Å². The van der Waals surface area contributed by atoms with E-state index in [1.165, 1.54) is 22.4 Å². The van der Waals surface area contributed by atoms with Gasteiger partial charge in [-0.1, -0.05) is 114 Å². The minimum Gasteiger partial charge on any atom is -0.249 e. The number of benzene rings is 3. The van der Waals surface area contributed by atoms with E-state index in [-0.39, 0.29) is 0 Å². The van der Waals surface area contributed by atoms with Gasteiger partial charge >= 0.3 is 0 Å². The lowest BCUT2D eigenvalue weighted by molar-refractivity contribution is 0.449. The van der Waals surface area contributed by atoms with Crippen LogP contribution in [0, 0.1) is 0 Å². The molecule has 0 amide bonds. The molecule has 128 valence electrons. The van der Waals surface area contributed by atoms with Crippen LogP contribution in [-0.2, 0) is 9.97 Å². The summed E-state index contributed by atoms with van der Waals surface area (Å²) in [6.07, 6.45) is 1.90. The standard InChI is InChI=1S/C23H19IN2/c24-18-22-16-17-25-26(22)23(19-10-4-1-5-11-19,20-12-6-2-7-13-20)21-14-8-3-9-15-21/h1-17H,18H2. The van der Waals surface area contributed by atoms with E-state index in [0.717, 1.165) is 4.43 Å². The molecule has 0 bridgehead atoms. The highest BCUT2D eigenvalue weighted by Gasteiger charge is 2.40. The van der Waals surface area contributed by atoms with E-state index in [2.05, 4.69) is 124 Å². The maximum absolute atomic E-state index is 4.80. The fourth-order valence-electron chi connectivity index (χ4n) is 3.64. The average Bonchev–Trinajstić information content (AvgIpc) is 3.20. The molecule has 0 aliphatic carbocycles. The van der Waals surface area contributed by atoms with Crippen molar-refractivity contribution < 1.29 is 0 Å². The fraction of sp³-hybridized carbons (Fsp3) is 0.0870. The highest BCUT2D eigenvalue weighted by Crippen LogP contribution is 2.41. The van der Waals surface area contributed by atoms with Gasteiger partial charge in [-0.3, -0.25) is 0 Å². The molecule has 2 nitrogen and oxygen atoms in total. The molecule has 0 aliphatic rings. The summed E-state index contributed by atoms with van der Waals surface area (Å²) in [5.74, 6) is 0. The smallest absolute Gasteiger partial charge is 0.138 e. The maximum atomic E-state index is 4.80. The van der Waals surface area contributed by atoms with Gasteiger partial charge in [0.15, 0.2) is 0 Å². The van der Waals surface area contributed by atoms with E-state index in [1.807, 2.05) is 6.20 Å². The molecule has 0 atom stereocenters. The van der Waals surface area contributed by atoms with Crippen molar-refractivity contribution in [2.75, 3.05) is 0 Å². The molecule has 3 aromatic carbocycles. The van der Waals surface area contributed by atoms with Crippen molar-refractivity contribution in [2.24, 2.45) is 0 Å². The molecule has 0 saturated heterocycles. The van der Waals surface area contributed by atoms with E-state index in [9.17, 15) is 0 Å². The Morgan fingerprint density at radius 1 is 0.654 bits per heavy atom. The Morgan fingerprint density at radius 2 is 1.08 bits per heavy atom. The zero-order valence-corrected chi connectivity index (χ0v) is 16.5. The molecule has 0 aliphatic heterocycles. The second-order valence-electron chi connectivity index (χ2n) is 6.18. The van der Waals surface area contributed by atoms with Gasteiger partial charge in [0.05, 0.1) is 0 Å². The molecule has 0 spiro atoms. The van der Waals surface area contributed by atoms with Gasteiger partial charge in [0, 0.05) is 16.3 Å². The monoisotopic (exact) mass is 450 g/mol. The van der Waals surface area contributed by atoms with Gasteiger partial charge in [0.2, 0.25) is 0 Å². The molecule has 0 fully saturated rings. The summed E-state index contributed by atoms with van der Waals surface area (Å²) in [5.41, 5.74) is 4.29. The van der Waals surface area contributed by atoms with Crippen LogP contribution in [-0.4, -0.2) is 9.78 Å². The molecule has 1 heterocycles. The van der Waals surface area contributed by atoms with Crippen molar-refractivity contribution in [3.05, 3.63) is 126 Å². The SMILES string of the molecule is ICc1ccnn1C(c1ccccc1)(c1ccccc1)c1ccccc1. The Kier molecular flexibility index (Phi) is 4.89. The van der Waals surface area contributed by atoms with E-state index in [1.54, 1.807) is 0 Å². The molecule has 3 heteroatoms. The van der Waals surface area contributed by atoms with Crippen LogP contribution in [0.3, 0.4) is 0 Å². The second-order valence-corrected chi connectivity index (χ2v) is 6.94. The summed E-state index contributed by atoms with van der Waals surface area (Å²) < 4.78 is 3.07. The largest absolute Gasteiger partial charge is 0.249 e. The zero-order chi connectivity index (χ0) is 17.8. The first-order chi connectivity index (χ1) is 12.9. The second kappa shape index (κ2) is 7.46. The van der Waals surface area contributed by atoms with Gasteiger partial charge in [0.25, 0.3) is 0 Å². The lowest BCUT2D eigenvalue weighted by atomic mass is 9.77. The first kappa shape index (κ1) is 17.0. The Hall–Kier alpha value is -2.40. The third-order valence-electron chi connectivity index (χ3n) is 4.75. The van der Waals surface area contributed by atoms with Crippen molar-refractivity contribution in [1.29, 1.82) is 0 Å². The molecule has 0 saturated carbocycles. The summed E-state index contributed by atoms with van der Waals surface area (Å²) in [5, 5.41) is 4.80. The lowest BCUT2D eigenvalue weighted by Crippen LogP contribution is -2.39. The van der Waals surface area contributed by atoms with Crippen LogP contribution in [0.4, 0.5) is 0 Å². The van der Waals surface area contributed by atoms with Gasteiger partial charge in [-0.2, -0.15) is 5.10 Å². The highest BCUT2D eigenvalue weighted by molar-refractivity contribution is 14.1. The number of hydrogen-bond acceptors (Lipinski definition) is 1. The Bertz CT molecular complexity index is 866. The molecule has 26 heavy (non-hydrogen) atoms. The van der Waals surface area contributed by atoms with Crippen molar-refractivity contribution in [3.8, 4) is 0 Å². The predicted molar refractivity (Wildman–Crippen MR) is 115 cm³/mol. The normalized spacial score (nSPS) is 11.4. The third-order valence-corrected chi connectivity index (χ3v) is 5.53. The van der Waals surface area contributed by atoms with Crippen LogP contribution in [0.2, 0.25) is 0 Å². The third kappa shape index (κ3) is 2.76. The first-order valence-corrected chi connectivity index (χ1v) is 10.2. The Morgan fingerprint density at radius 3 is 1.46 bits per heavy atom. The van der Waals surface area contributed by atoms with Crippen molar-refractivity contribution in [1.82, 2.24) is 9.78 Å². The summed E-state index contributed by atoms with van der Waals surface area (Å²) in [4.78, 5) is 0. The van der Waals surface area contributed by atoms with E-state index >= 15 is 0 Å². The van der Waals surface area contributed by atoms with Gasteiger partial charge in [-0.15, -0.1) is 0 Å². The van der Waals surface area contributed by atoms with Crippen molar-refractivity contribution in [3.63, 3.8) is 0 Å². The lowest BCUT2D eigenvalue weighted by Gasteiger charge is -2.37. The molecule has 0 unspecified atom stereocenters. The molecule has 4 rings (SSSR count). The molecule has 1 aromatic heterocycles. The van der Waals surface area contributed by atoms with Crippen LogP contribution in [0.5, 0.6) is 0 Å². The van der Waals surface area contributed by atoms with Gasteiger partial charge in [-0.05, 0) is 22.8 Å². The van der Waals surface area contributed by atoms with E-state index in [4.69, 9.17) is 5.10 Å². The number of rotatable bonds is 5. The number of nitrogens with zero attached hydrogens (tertiary/aromatic N) is 2. The minimum atomic E-state index is -0.506. The number of alkyl halides is 1. The summed E-state index contributed by atoms with van der Waals surface area (Å²) >= 11 is 2.41. The van der Waals surface area contributed by atoms with Gasteiger partial charge in [0.1, 0.15) is 5.54 Å². The maximum Gasteiger partial charge on any atom is 0.138 e. The van der Waals surface area contributed by atoms with Crippen molar-refractivity contribution in [2.45, 2.75) is 9.97 Å². The number of hydrogen-bond donors (Lipinski definition) is 0.